The summed E-state index contributed by atoms with van der Waals surface area (Å²) < 4.78 is 15.6. The fraction of sp³-hybridized carbons (Fsp3) is 0.235. The summed E-state index contributed by atoms with van der Waals surface area (Å²) in [4.78, 5) is 22.5. The number of carbonyl (C=O) groups is 1. The van der Waals surface area contributed by atoms with Gasteiger partial charge in [-0.25, -0.2) is 4.79 Å². The molecule has 0 aliphatic carbocycles. The number of amides is 2. The zero-order valence-corrected chi connectivity index (χ0v) is 14.6. The van der Waals surface area contributed by atoms with Gasteiger partial charge in [0.1, 0.15) is 5.75 Å². The van der Waals surface area contributed by atoms with E-state index < -0.39 is 11.0 Å². The van der Waals surface area contributed by atoms with Crippen LogP contribution in [0.4, 0.5) is 16.2 Å². The molecule has 0 unspecified atom stereocenters. The van der Waals surface area contributed by atoms with Gasteiger partial charge in [-0.05, 0) is 12.1 Å². The number of urea groups is 1. The van der Waals surface area contributed by atoms with E-state index in [2.05, 4.69) is 10.6 Å². The third-order valence-electron chi connectivity index (χ3n) is 3.57. The van der Waals surface area contributed by atoms with Gasteiger partial charge in [0.25, 0.3) is 5.69 Å². The predicted molar refractivity (Wildman–Crippen MR) is 95.1 cm³/mol. The lowest BCUT2D eigenvalue weighted by atomic mass is 10.2. The van der Waals surface area contributed by atoms with Crippen LogP contribution in [0.5, 0.6) is 17.2 Å². The summed E-state index contributed by atoms with van der Waals surface area (Å²) in [5, 5.41) is 16.1. The van der Waals surface area contributed by atoms with Crippen molar-refractivity contribution >= 4 is 17.4 Å². The van der Waals surface area contributed by atoms with Crippen LogP contribution in [0.25, 0.3) is 0 Å². The third kappa shape index (κ3) is 4.32. The van der Waals surface area contributed by atoms with E-state index >= 15 is 0 Å². The van der Waals surface area contributed by atoms with Crippen molar-refractivity contribution in [3.8, 4) is 17.2 Å². The van der Waals surface area contributed by atoms with E-state index in [1.54, 1.807) is 18.2 Å². The summed E-state index contributed by atoms with van der Waals surface area (Å²) in [5.41, 5.74) is 0.750. The molecule has 9 nitrogen and oxygen atoms in total. The molecule has 0 saturated heterocycles. The van der Waals surface area contributed by atoms with Gasteiger partial charge in [-0.3, -0.25) is 10.1 Å². The van der Waals surface area contributed by atoms with Gasteiger partial charge in [0.15, 0.2) is 11.5 Å². The summed E-state index contributed by atoms with van der Waals surface area (Å²) in [7, 11) is 4.44. The second kappa shape index (κ2) is 8.56. The molecule has 2 N–H and O–H groups in total. The van der Waals surface area contributed by atoms with Crippen LogP contribution in [0.2, 0.25) is 0 Å². The molecule has 0 atom stereocenters. The zero-order chi connectivity index (χ0) is 19.1. The molecule has 2 aromatic carbocycles. The van der Waals surface area contributed by atoms with Crippen LogP contribution in [-0.4, -0.2) is 32.3 Å². The van der Waals surface area contributed by atoms with Crippen molar-refractivity contribution in [2.24, 2.45) is 0 Å². The van der Waals surface area contributed by atoms with Crippen LogP contribution < -0.4 is 24.8 Å². The Kier molecular flexibility index (Phi) is 6.20. The maximum atomic E-state index is 12.2. The molecule has 0 saturated carbocycles. The molecule has 0 fully saturated rings. The first-order valence-corrected chi connectivity index (χ1v) is 7.57. The first-order valence-electron chi connectivity index (χ1n) is 7.57. The normalized spacial score (nSPS) is 9.96. The number of hydrogen-bond donors (Lipinski definition) is 2. The first-order chi connectivity index (χ1) is 12.5. The van der Waals surface area contributed by atoms with Gasteiger partial charge in [-0.1, -0.05) is 12.1 Å². The fourth-order valence-corrected chi connectivity index (χ4v) is 2.34. The largest absolute Gasteiger partial charge is 0.495 e. The van der Waals surface area contributed by atoms with E-state index in [9.17, 15) is 14.9 Å². The van der Waals surface area contributed by atoms with Crippen LogP contribution >= 0.6 is 0 Å². The number of methoxy groups -OCH3 is 3. The number of hydrogen-bond acceptors (Lipinski definition) is 6. The Bertz CT molecular complexity index is 809. The molecule has 0 spiro atoms. The molecule has 0 heterocycles. The lowest BCUT2D eigenvalue weighted by molar-refractivity contribution is -0.384. The van der Waals surface area contributed by atoms with E-state index in [0.717, 1.165) is 0 Å². The first kappa shape index (κ1) is 18.8. The third-order valence-corrected chi connectivity index (χ3v) is 3.57. The van der Waals surface area contributed by atoms with Crippen LogP contribution in [0.1, 0.15) is 5.56 Å². The highest BCUT2D eigenvalue weighted by molar-refractivity contribution is 5.91. The number of ether oxygens (including phenoxy) is 3. The Labute approximate surface area is 150 Å². The maximum absolute atomic E-state index is 12.2. The minimum Gasteiger partial charge on any atom is -0.495 e. The fourth-order valence-electron chi connectivity index (χ4n) is 2.34. The minimum absolute atomic E-state index is 0.157. The predicted octanol–water partition coefficient (Wildman–Crippen LogP) is 2.94. The lowest BCUT2D eigenvalue weighted by Gasteiger charge is -2.14. The average molecular weight is 361 g/mol. The van der Waals surface area contributed by atoms with Crippen molar-refractivity contribution in [1.82, 2.24) is 5.32 Å². The second-order valence-electron chi connectivity index (χ2n) is 5.10. The number of nitrogens with one attached hydrogen (secondary N) is 2. The Morgan fingerprint density at radius 3 is 2.42 bits per heavy atom. The molecule has 2 aromatic rings. The molecule has 2 rings (SSSR count). The van der Waals surface area contributed by atoms with E-state index in [4.69, 9.17) is 14.2 Å². The standard InChI is InChI=1S/C17H19N3O6/c1-24-14-8-7-12(20(22)23)9-13(14)19-17(21)18-10-11-5-4-6-15(25-2)16(11)26-3/h4-9H,10H2,1-3H3,(H2,18,19,21). The highest BCUT2D eigenvalue weighted by Crippen LogP contribution is 2.31. The van der Waals surface area contributed by atoms with Gasteiger partial charge in [0.05, 0.1) is 31.9 Å². The molecule has 0 aliphatic rings. The van der Waals surface area contributed by atoms with Crippen LogP contribution in [0.3, 0.4) is 0 Å². The Morgan fingerprint density at radius 1 is 1.08 bits per heavy atom. The molecule has 0 aromatic heterocycles. The number of carbonyl (C=O) groups excluding carboxylic acids is 1. The quantitative estimate of drug-likeness (QED) is 0.579. The van der Waals surface area contributed by atoms with Crippen molar-refractivity contribution in [3.05, 3.63) is 52.1 Å². The molecule has 26 heavy (non-hydrogen) atoms. The van der Waals surface area contributed by atoms with Crippen LogP contribution in [0, 0.1) is 10.1 Å². The molecule has 9 heteroatoms. The zero-order valence-electron chi connectivity index (χ0n) is 14.6. The lowest BCUT2D eigenvalue weighted by Crippen LogP contribution is -2.28. The van der Waals surface area contributed by atoms with E-state index in [1.807, 2.05) is 0 Å². The molecule has 138 valence electrons. The molecule has 0 aliphatic heterocycles. The summed E-state index contributed by atoms with van der Waals surface area (Å²) in [6, 6.07) is 8.70. The van der Waals surface area contributed by atoms with Gasteiger partial charge >= 0.3 is 6.03 Å². The average Bonchev–Trinajstić information content (AvgIpc) is 2.65. The van der Waals surface area contributed by atoms with Crippen LogP contribution in [0.15, 0.2) is 36.4 Å². The Balaban J connectivity index is 2.10. The highest BCUT2D eigenvalue weighted by atomic mass is 16.6. The van der Waals surface area contributed by atoms with E-state index in [0.29, 0.717) is 22.8 Å². The van der Waals surface area contributed by atoms with Crippen molar-refractivity contribution in [2.45, 2.75) is 6.54 Å². The van der Waals surface area contributed by atoms with Crippen molar-refractivity contribution < 1.29 is 23.9 Å². The number of non-ortho nitro benzene ring substituents is 1. The summed E-state index contributed by atoms with van der Waals surface area (Å²) in [6.45, 7) is 0.170. The maximum Gasteiger partial charge on any atom is 0.319 e. The number of rotatable bonds is 7. The minimum atomic E-state index is -0.552. The Morgan fingerprint density at radius 2 is 1.81 bits per heavy atom. The van der Waals surface area contributed by atoms with Gasteiger partial charge in [-0.2, -0.15) is 0 Å². The highest BCUT2D eigenvalue weighted by Gasteiger charge is 2.15. The summed E-state index contributed by atoms with van der Waals surface area (Å²) in [6.07, 6.45) is 0. The topological polar surface area (TPSA) is 112 Å². The van der Waals surface area contributed by atoms with Gasteiger partial charge in [0, 0.05) is 24.2 Å². The van der Waals surface area contributed by atoms with E-state index in [-0.39, 0.29) is 17.9 Å². The van der Waals surface area contributed by atoms with Crippen molar-refractivity contribution in [2.75, 3.05) is 26.6 Å². The molecule has 0 bridgehead atoms. The van der Waals surface area contributed by atoms with Crippen LogP contribution in [-0.2, 0) is 6.54 Å². The molecular weight excluding hydrogens is 342 g/mol. The van der Waals surface area contributed by atoms with Gasteiger partial charge in [-0.15, -0.1) is 0 Å². The Hall–Kier alpha value is -3.49. The van der Waals surface area contributed by atoms with Gasteiger partial charge in [0.2, 0.25) is 0 Å². The van der Waals surface area contributed by atoms with Crippen molar-refractivity contribution in [3.63, 3.8) is 0 Å². The SMILES string of the molecule is COc1ccc([N+](=O)[O-])cc1NC(=O)NCc1cccc(OC)c1OC. The monoisotopic (exact) mass is 361 g/mol. The number of nitrogens with zero attached hydrogens (tertiary/aromatic N) is 1. The number of benzene rings is 2. The smallest absolute Gasteiger partial charge is 0.319 e. The number of anilines is 1. The molecule has 0 radical (unpaired) electrons. The number of nitro groups is 1. The summed E-state index contributed by atoms with van der Waals surface area (Å²) >= 11 is 0. The molecule has 2 amide bonds. The number of nitro benzene ring substituents is 1. The van der Waals surface area contributed by atoms with E-state index in [1.165, 1.54) is 39.5 Å². The van der Waals surface area contributed by atoms with Crippen molar-refractivity contribution in [1.29, 1.82) is 0 Å². The summed E-state index contributed by atoms with van der Waals surface area (Å²) in [5.74, 6) is 1.38. The molecular formula is C17H19N3O6. The van der Waals surface area contributed by atoms with Gasteiger partial charge < -0.3 is 24.8 Å². The number of para-hydroxylation sites is 1. The second-order valence-corrected chi connectivity index (χ2v) is 5.10.